The molecule has 1 saturated heterocycles. The topological polar surface area (TPSA) is 46.1 Å². The maximum absolute atomic E-state index is 5.66. The molecule has 2 aliphatic rings. The van der Waals surface area contributed by atoms with E-state index in [2.05, 4.69) is 41.4 Å². The van der Waals surface area contributed by atoms with Gasteiger partial charge in [-0.1, -0.05) is 18.2 Å². The molecule has 3 rings (SSSR count). The number of hydrogen-bond acceptors (Lipinski definition) is 3. The fourth-order valence-corrected chi connectivity index (χ4v) is 2.78. The summed E-state index contributed by atoms with van der Waals surface area (Å²) in [5, 5.41) is 3.38. The number of fused-ring (bicyclic) bond motifs is 1. The number of rotatable bonds is 3. The summed E-state index contributed by atoms with van der Waals surface area (Å²) >= 11 is 0. The summed E-state index contributed by atoms with van der Waals surface area (Å²) in [5.41, 5.74) is 2.65. The molecule has 0 aliphatic carbocycles. The van der Waals surface area contributed by atoms with E-state index >= 15 is 0 Å². The van der Waals surface area contributed by atoms with Gasteiger partial charge in [-0.15, -0.1) is 24.0 Å². The smallest absolute Gasteiger partial charge is 0.198 e. The first kappa shape index (κ1) is 17.5. The van der Waals surface area contributed by atoms with E-state index in [0.29, 0.717) is 26.4 Å². The molecule has 1 atom stereocenters. The largest absolute Gasteiger partial charge is 0.376 e. The second-order valence-electron chi connectivity index (χ2n) is 5.29. The predicted molar refractivity (Wildman–Crippen MR) is 99.4 cm³/mol. The molecule has 0 spiro atoms. The molecule has 1 N–H and O–H groups in total. The summed E-state index contributed by atoms with van der Waals surface area (Å²) in [7, 11) is 0. The van der Waals surface area contributed by atoms with E-state index in [4.69, 9.17) is 14.5 Å². The molecule has 0 radical (unpaired) electrons. The van der Waals surface area contributed by atoms with Crippen molar-refractivity contribution >= 4 is 35.6 Å². The predicted octanol–water partition coefficient (Wildman–Crippen LogP) is 2.05. The van der Waals surface area contributed by atoms with E-state index in [1.54, 1.807) is 0 Å². The number of anilines is 1. The van der Waals surface area contributed by atoms with Gasteiger partial charge >= 0.3 is 0 Å². The highest BCUT2D eigenvalue weighted by Crippen LogP contribution is 2.27. The third-order valence-corrected chi connectivity index (χ3v) is 3.81. The van der Waals surface area contributed by atoms with Crippen LogP contribution in [0, 0.1) is 0 Å². The van der Waals surface area contributed by atoms with Crippen LogP contribution in [0.4, 0.5) is 5.69 Å². The summed E-state index contributed by atoms with van der Waals surface area (Å²) < 4.78 is 11.1. The molecule has 0 aromatic heterocycles. The molecule has 6 heteroatoms. The van der Waals surface area contributed by atoms with Crippen LogP contribution in [0.5, 0.6) is 0 Å². The lowest BCUT2D eigenvalue weighted by molar-refractivity contribution is -0.0832. The van der Waals surface area contributed by atoms with Crippen LogP contribution in [0.25, 0.3) is 0 Å². The molecule has 22 heavy (non-hydrogen) atoms. The van der Waals surface area contributed by atoms with E-state index in [1.807, 2.05) is 0 Å². The van der Waals surface area contributed by atoms with E-state index < -0.39 is 0 Å². The van der Waals surface area contributed by atoms with Crippen LogP contribution in [0.15, 0.2) is 29.3 Å². The normalized spacial score (nSPS) is 21.2. The van der Waals surface area contributed by atoms with Gasteiger partial charge in [0, 0.05) is 18.8 Å². The molecule has 0 bridgehead atoms. The highest BCUT2D eigenvalue weighted by Gasteiger charge is 2.23. The van der Waals surface area contributed by atoms with Gasteiger partial charge in [0.2, 0.25) is 0 Å². The number of hydrogen-bond donors (Lipinski definition) is 1. The number of para-hydroxylation sites is 1. The summed E-state index contributed by atoms with van der Waals surface area (Å²) in [4.78, 5) is 7.01. The average Bonchev–Trinajstić information content (AvgIpc) is 2.96. The molecule has 0 saturated carbocycles. The van der Waals surface area contributed by atoms with E-state index in [-0.39, 0.29) is 30.1 Å². The first-order valence-electron chi connectivity index (χ1n) is 7.71. The summed E-state index contributed by atoms with van der Waals surface area (Å²) in [5.74, 6) is 0.941. The fraction of sp³-hybridized carbons (Fsp3) is 0.562. The average molecular weight is 417 g/mol. The molecule has 122 valence electrons. The number of ether oxygens (including phenoxy) is 2. The number of halogens is 1. The van der Waals surface area contributed by atoms with E-state index in [1.165, 1.54) is 11.3 Å². The molecule has 5 nitrogen and oxygen atoms in total. The minimum Gasteiger partial charge on any atom is -0.376 e. The van der Waals surface area contributed by atoms with Gasteiger partial charge in [-0.25, -0.2) is 0 Å². The molecule has 1 fully saturated rings. The molecule has 0 amide bonds. The Kier molecular flexibility index (Phi) is 6.91. The van der Waals surface area contributed by atoms with Crippen LogP contribution >= 0.6 is 24.0 Å². The maximum atomic E-state index is 5.66. The monoisotopic (exact) mass is 417 g/mol. The van der Waals surface area contributed by atoms with Crippen molar-refractivity contribution in [2.24, 2.45) is 4.99 Å². The summed E-state index contributed by atoms with van der Waals surface area (Å²) in [6.45, 7) is 6.58. The number of aliphatic imine (C=N–C) groups is 1. The first-order chi connectivity index (χ1) is 10.4. The Hall–Kier alpha value is -0.860. The van der Waals surface area contributed by atoms with Crippen molar-refractivity contribution in [3.63, 3.8) is 0 Å². The van der Waals surface area contributed by atoms with Gasteiger partial charge < -0.3 is 19.7 Å². The first-order valence-corrected chi connectivity index (χ1v) is 7.71. The summed E-state index contributed by atoms with van der Waals surface area (Å²) in [6.07, 6.45) is 1.15. The van der Waals surface area contributed by atoms with Crippen LogP contribution in [0.2, 0.25) is 0 Å². The highest BCUT2D eigenvalue weighted by molar-refractivity contribution is 14.0. The van der Waals surface area contributed by atoms with Gasteiger partial charge in [0.1, 0.15) is 6.10 Å². The molecular formula is C16H24IN3O2. The Morgan fingerprint density at radius 2 is 2.23 bits per heavy atom. The van der Waals surface area contributed by atoms with Gasteiger partial charge in [-0.3, -0.25) is 4.99 Å². The Morgan fingerprint density at radius 3 is 3.00 bits per heavy atom. The van der Waals surface area contributed by atoms with Crippen molar-refractivity contribution in [1.29, 1.82) is 0 Å². The lowest BCUT2D eigenvalue weighted by Gasteiger charge is -2.25. The fourth-order valence-electron chi connectivity index (χ4n) is 2.78. The minimum atomic E-state index is 0. The molecule has 1 unspecified atom stereocenters. The van der Waals surface area contributed by atoms with Crippen LogP contribution in [-0.4, -0.2) is 51.5 Å². The Labute approximate surface area is 149 Å². The van der Waals surface area contributed by atoms with E-state index in [0.717, 1.165) is 25.5 Å². The zero-order chi connectivity index (χ0) is 14.5. The third kappa shape index (κ3) is 4.11. The van der Waals surface area contributed by atoms with Gasteiger partial charge in [0.05, 0.1) is 26.4 Å². The van der Waals surface area contributed by atoms with Crippen LogP contribution in [0.3, 0.4) is 0 Å². The van der Waals surface area contributed by atoms with Crippen molar-refractivity contribution in [3.05, 3.63) is 29.8 Å². The quantitative estimate of drug-likeness (QED) is 0.465. The van der Waals surface area contributed by atoms with Crippen molar-refractivity contribution in [2.75, 3.05) is 44.4 Å². The number of guanidine groups is 1. The minimum absolute atomic E-state index is 0. The molecular weight excluding hydrogens is 393 g/mol. The van der Waals surface area contributed by atoms with Crippen LogP contribution < -0.4 is 10.2 Å². The maximum Gasteiger partial charge on any atom is 0.198 e. The van der Waals surface area contributed by atoms with Gasteiger partial charge in [-0.05, 0) is 25.0 Å². The standard InChI is InChI=1S/C16H23N3O2.HI/c1-2-17-16(18-11-14-12-20-9-10-21-14)19-8-7-13-5-3-4-6-15(13)19;/h3-6,14H,2,7-12H2,1H3,(H,17,18);1H. The van der Waals surface area contributed by atoms with Crippen molar-refractivity contribution in [3.8, 4) is 0 Å². The van der Waals surface area contributed by atoms with Crippen molar-refractivity contribution in [2.45, 2.75) is 19.4 Å². The lowest BCUT2D eigenvalue weighted by atomic mass is 10.2. The Bertz CT molecular complexity index is 504. The van der Waals surface area contributed by atoms with Gasteiger partial charge in [0.25, 0.3) is 0 Å². The lowest BCUT2D eigenvalue weighted by Crippen LogP contribution is -2.41. The van der Waals surface area contributed by atoms with Crippen molar-refractivity contribution in [1.82, 2.24) is 5.32 Å². The molecule has 1 aromatic rings. The van der Waals surface area contributed by atoms with Gasteiger partial charge in [-0.2, -0.15) is 0 Å². The number of nitrogens with zero attached hydrogens (tertiary/aromatic N) is 2. The number of benzene rings is 1. The number of nitrogens with one attached hydrogen (secondary N) is 1. The zero-order valence-electron chi connectivity index (χ0n) is 13.0. The molecule has 2 aliphatic heterocycles. The Morgan fingerprint density at radius 1 is 1.36 bits per heavy atom. The van der Waals surface area contributed by atoms with Crippen LogP contribution in [0.1, 0.15) is 12.5 Å². The SMILES string of the molecule is CCNC(=NCC1COCCO1)N1CCc2ccccc21.I. The second-order valence-corrected chi connectivity index (χ2v) is 5.29. The van der Waals surface area contributed by atoms with E-state index in [9.17, 15) is 0 Å². The zero-order valence-corrected chi connectivity index (χ0v) is 15.3. The third-order valence-electron chi connectivity index (χ3n) is 3.81. The Balaban J connectivity index is 0.00000176. The van der Waals surface area contributed by atoms with Gasteiger partial charge in [0.15, 0.2) is 5.96 Å². The molecule has 1 aromatic carbocycles. The molecule has 2 heterocycles. The summed E-state index contributed by atoms with van der Waals surface area (Å²) in [6, 6.07) is 8.53. The highest BCUT2D eigenvalue weighted by atomic mass is 127. The second kappa shape index (κ2) is 8.69. The van der Waals surface area contributed by atoms with Crippen molar-refractivity contribution < 1.29 is 9.47 Å². The van der Waals surface area contributed by atoms with Crippen LogP contribution in [-0.2, 0) is 15.9 Å².